The zero-order valence-electron chi connectivity index (χ0n) is 9.57. The number of halogens is 2. The van der Waals surface area contributed by atoms with E-state index >= 15 is 0 Å². The number of benzene rings is 1. The van der Waals surface area contributed by atoms with Gasteiger partial charge in [-0.25, -0.2) is 4.39 Å². The first-order valence-electron chi connectivity index (χ1n) is 5.44. The maximum Gasteiger partial charge on any atom is 0.227 e. The Balaban J connectivity index is 0.00000144. The van der Waals surface area contributed by atoms with E-state index in [-0.39, 0.29) is 30.0 Å². The Hall–Kier alpha value is -1.13. The molecule has 2 N–H and O–H groups in total. The Kier molecular flexibility index (Phi) is 4.90. The third-order valence-corrected chi connectivity index (χ3v) is 3.03. The summed E-state index contributed by atoms with van der Waals surface area (Å²) in [6.07, 6.45) is 0. The van der Waals surface area contributed by atoms with Crippen LogP contribution in [0, 0.1) is 17.7 Å². The Morgan fingerprint density at radius 2 is 2.24 bits per heavy atom. The van der Waals surface area contributed by atoms with Crippen molar-refractivity contribution < 1.29 is 9.18 Å². The lowest BCUT2D eigenvalue weighted by Gasteiger charge is -2.31. The number of amides is 1. The number of hydrogen-bond donors (Lipinski definition) is 2. The largest absolute Gasteiger partial charge is 0.326 e. The van der Waals surface area contributed by atoms with Gasteiger partial charge in [0.2, 0.25) is 5.91 Å². The molecule has 1 amide bonds. The van der Waals surface area contributed by atoms with Crippen LogP contribution in [0.5, 0.6) is 0 Å². The molecule has 1 fully saturated rings. The minimum Gasteiger partial charge on any atom is -0.326 e. The topological polar surface area (TPSA) is 41.1 Å². The van der Waals surface area contributed by atoms with Crippen LogP contribution in [0.15, 0.2) is 24.3 Å². The van der Waals surface area contributed by atoms with Gasteiger partial charge in [0.25, 0.3) is 0 Å². The lowest BCUT2D eigenvalue weighted by molar-refractivity contribution is -0.121. The summed E-state index contributed by atoms with van der Waals surface area (Å²) in [6.45, 7) is 3.68. The smallest absolute Gasteiger partial charge is 0.227 e. The van der Waals surface area contributed by atoms with Gasteiger partial charge < -0.3 is 10.6 Å². The van der Waals surface area contributed by atoms with Gasteiger partial charge >= 0.3 is 0 Å². The molecular formula is C12H16ClFN2O. The predicted molar refractivity (Wildman–Crippen MR) is 67.8 cm³/mol. The Bertz CT molecular complexity index is 396. The molecule has 94 valence electrons. The fourth-order valence-corrected chi connectivity index (χ4v) is 1.70. The molecule has 0 bridgehead atoms. The molecular weight excluding hydrogens is 243 g/mol. The number of hydrogen-bond acceptors (Lipinski definition) is 2. The third-order valence-electron chi connectivity index (χ3n) is 3.03. The summed E-state index contributed by atoms with van der Waals surface area (Å²) in [5.74, 6) is -0.0223. The van der Waals surface area contributed by atoms with Gasteiger partial charge in [-0.3, -0.25) is 4.79 Å². The monoisotopic (exact) mass is 258 g/mol. The van der Waals surface area contributed by atoms with E-state index in [9.17, 15) is 9.18 Å². The zero-order chi connectivity index (χ0) is 11.5. The molecule has 1 unspecified atom stereocenters. The van der Waals surface area contributed by atoms with Crippen molar-refractivity contribution >= 4 is 24.0 Å². The second kappa shape index (κ2) is 5.98. The van der Waals surface area contributed by atoms with Crippen LogP contribution in [0.2, 0.25) is 0 Å². The Morgan fingerprint density at radius 1 is 1.53 bits per heavy atom. The highest BCUT2D eigenvalue weighted by molar-refractivity contribution is 5.92. The molecule has 1 aromatic carbocycles. The van der Waals surface area contributed by atoms with E-state index in [0.717, 1.165) is 13.1 Å². The summed E-state index contributed by atoms with van der Waals surface area (Å²) in [6, 6.07) is 5.95. The van der Waals surface area contributed by atoms with Gasteiger partial charge in [-0.1, -0.05) is 13.0 Å². The van der Waals surface area contributed by atoms with Crippen LogP contribution in [0.25, 0.3) is 0 Å². The summed E-state index contributed by atoms with van der Waals surface area (Å²) in [4.78, 5) is 11.8. The van der Waals surface area contributed by atoms with Crippen molar-refractivity contribution in [1.29, 1.82) is 0 Å². The van der Waals surface area contributed by atoms with Crippen LogP contribution in [0.1, 0.15) is 6.92 Å². The molecule has 0 radical (unpaired) electrons. The van der Waals surface area contributed by atoms with Gasteiger partial charge in [-0.2, -0.15) is 0 Å². The van der Waals surface area contributed by atoms with E-state index in [1.165, 1.54) is 12.1 Å². The normalized spacial score (nSPS) is 16.6. The van der Waals surface area contributed by atoms with Gasteiger partial charge in [0.1, 0.15) is 5.82 Å². The molecule has 0 spiro atoms. The molecule has 5 heteroatoms. The first-order chi connectivity index (χ1) is 7.66. The molecule has 3 nitrogen and oxygen atoms in total. The van der Waals surface area contributed by atoms with Crippen molar-refractivity contribution in [3.8, 4) is 0 Å². The number of carbonyl (C=O) groups is 1. The van der Waals surface area contributed by atoms with Crippen LogP contribution < -0.4 is 10.6 Å². The van der Waals surface area contributed by atoms with Gasteiger partial charge in [0, 0.05) is 11.6 Å². The highest BCUT2D eigenvalue weighted by Crippen LogP contribution is 2.18. The fourth-order valence-electron chi connectivity index (χ4n) is 1.70. The molecule has 1 atom stereocenters. The highest BCUT2D eigenvalue weighted by Gasteiger charge is 2.28. The summed E-state index contributed by atoms with van der Waals surface area (Å²) in [7, 11) is 0. The number of nitrogens with one attached hydrogen (secondary N) is 2. The van der Waals surface area contributed by atoms with Crippen molar-refractivity contribution in [3.05, 3.63) is 30.1 Å². The van der Waals surface area contributed by atoms with Gasteiger partial charge in [0.15, 0.2) is 0 Å². The maximum atomic E-state index is 12.9. The van der Waals surface area contributed by atoms with Crippen LogP contribution >= 0.6 is 12.4 Å². The molecule has 0 aliphatic carbocycles. The van der Waals surface area contributed by atoms with Gasteiger partial charge in [0.05, 0.1) is 0 Å². The van der Waals surface area contributed by atoms with Gasteiger partial charge in [-0.15, -0.1) is 12.4 Å². The lowest BCUT2D eigenvalue weighted by Crippen LogP contribution is -2.48. The summed E-state index contributed by atoms with van der Waals surface area (Å²) in [5.41, 5.74) is 0.518. The molecule has 1 aromatic rings. The van der Waals surface area contributed by atoms with Crippen LogP contribution in [0.3, 0.4) is 0 Å². The van der Waals surface area contributed by atoms with Crippen LogP contribution in [-0.4, -0.2) is 19.0 Å². The first-order valence-corrected chi connectivity index (χ1v) is 5.44. The predicted octanol–water partition coefficient (Wildman–Crippen LogP) is 2.04. The van der Waals surface area contributed by atoms with Crippen molar-refractivity contribution in [2.24, 2.45) is 11.8 Å². The lowest BCUT2D eigenvalue weighted by atomic mass is 9.88. The molecule has 1 aliphatic heterocycles. The van der Waals surface area contributed by atoms with Crippen molar-refractivity contribution in [1.82, 2.24) is 5.32 Å². The van der Waals surface area contributed by atoms with Crippen molar-refractivity contribution in [3.63, 3.8) is 0 Å². The molecule has 0 saturated carbocycles. The van der Waals surface area contributed by atoms with E-state index in [0.29, 0.717) is 11.6 Å². The minimum atomic E-state index is -0.337. The molecule has 1 saturated heterocycles. The second-order valence-corrected chi connectivity index (χ2v) is 4.21. The molecule has 1 aliphatic rings. The van der Waals surface area contributed by atoms with E-state index in [2.05, 4.69) is 10.6 Å². The SMILES string of the molecule is CC(C(=O)Nc1cccc(F)c1)C1CNC1.Cl. The average Bonchev–Trinajstić information content (AvgIpc) is 2.14. The van der Waals surface area contributed by atoms with E-state index in [4.69, 9.17) is 0 Å². The zero-order valence-corrected chi connectivity index (χ0v) is 10.4. The first kappa shape index (κ1) is 13.9. The summed E-state index contributed by atoms with van der Waals surface area (Å²) in [5, 5.41) is 5.85. The maximum absolute atomic E-state index is 12.9. The number of anilines is 1. The van der Waals surface area contributed by atoms with Crippen molar-refractivity contribution in [2.75, 3.05) is 18.4 Å². The third kappa shape index (κ3) is 3.41. The minimum absolute atomic E-state index is 0. The fraction of sp³-hybridized carbons (Fsp3) is 0.417. The second-order valence-electron chi connectivity index (χ2n) is 4.21. The van der Waals surface area contributed by atoms with E-state index in [1.807, 2.05) is 6.92 Å². The van der Waals surface area contributed by atoms with Gasteiger partial charge in [-0.05, 0) is 37.2 Å². The quantitative estimate of drug-likeness (QED) is 0.871. The molecule has 2 rings (SSSR count). The standard InChI is InChI=1S/C12H15FN2O.ClH/c1-8(9-6-14-7-9)12(16)15-11-4-2-3-10(13)5-11;/h2-5,8-9,14H,6-7H2,1H3,(H,15,16);1H. The van der Waals surface area contributed by atoms with Crippen LogP contribution in [0.4, 0.5) is 10.1 Å². The molecule has 0 aromatic heterocycles. The van der Waals surface area contributed by atoms with E-state index in [1.54, 1.807) is 12.1 Å². The highest BCUT2D eigenvalue weighted by atomic mass is 35.5. The molecule has 1 heterocycles. The van der Waals surface area contributed by atoms with Crippen molar-refractivity contribution in [2.45, 2.75) is 6.92 Å². The van der Waals surface area contributed by atoms with Crippen LogP contribution in [-0.2, 0) is 4.79 Å². The summed E-state index contributed by atoms with van der Waals surface area (Å²) < 4.78 is 12.9. The van der Waals surface area contributed by atoms with E-state index < -0.39 is 0 Å². The average molecular weight is 259 g/mol. The Morgan fingerprint density at radius 3 is 2.76 bits per heavy atom. The summed E-state index contributed by atoms with van der Waals surface area (Å²) >= 11 is 0. The number of carbonyl (C=O) groups excluding carboxylic acids is 1. The Labute approximate surface area is 106 Å². The number of rotatable bonds is 3. The molecule has 17 heavy (non-hydrogen) atoms.